The standard InChI is InChI=1S/C18H23NO2/c1-3-7-16(15-8-5-4-6-9-15)19-13-14-10-11-18(21-2)17(20)12-14/h4-6,8-12,16,19-20H,3,7,13H2,1-2H3. The molecule has 2 N–H and O–H groups in total. The first-order valence-electron chi connectivity index (χ1n) is 7.38. The third-order valence-corrected chi connectivity index (χ3v) is 3.58. The number of benzene rings is 2. The van der Waals surface area contributed by atoms with Gasteiger partial charge >= 0.3 is 0 Å². The molecule has 3 nitrogen and oxygen atoms in total. The molecule has 2 rings (SSSR count). The van der Waals surface area contributed by atoms with E-state index in [2.05, 4.69) is 36.5 Å². The molecule has 0 amide bonds. The van der Waals surface area contributed by atoms with Crippen LogP contribution in [-0.2, 0) is 6.54 Å². The molecule has 0 aromatic heterocycles. The van der Waals surface area contributed by atoms with Crippen LogP contribution in [0.2, 0.25) is 0 Å². The Bertz CT molecular complexity index is 554. The smallest absolute Gasteiger partial charge is 0.160 e. The molecule has 0 saturated carbocycles. The van der Waals surface area contributed by atoms with Crippen LogP contribution >= 0.6 is 0 Å². The molecule has 0 aliphatic carbocycles. The van der Waals surface area contributed by atoms with Gasteiger partial charge in [0.2, 0.25) is 0 Å². The van der Waals surface area contributed by atoms with E-state index in [1.54, 1.807) is 19.2 Å². The number of ether oxygens (including phenoxy) is 1. The highest BCUT2D eigenvalue weighted by atomic mass is 16.5. The van der Waals surface area contributed by atoms with Gasteiger partial charge in [0.25, 0.3) is 0 Å². The molecule has 2 aromatic carbocycles. The predicted octanol–water partition coefficient (Wildman–Crippen LogP) is 4.03. The second kappa shape index (κ2) is 7.70. The normalized spacial score (nSPS) is 12.1. The van der Waals surface area contributed by atoms with Crippen LogP contribution < -0.4 is 10.1 Å². The molecule has 0 radical (unpaired) electrons. The fourth-order valence-electron chi connectivity index (χ4n) is 2.45. The topological polar surface area (TPSA) is 41.5 Å². The summed E-state index contributed by atoms with van der Waals surface area (Å²) in [4.78, 5) is 0. The second-order valence-corrected chi connectivity index (χ2v) is 5.14. The molecule has 1 atom stereocenters. The lowest BCUT2D eigenvalue weighted by Crippen LogP contribution is -2.20. The fraction of sp³-hybridized carbons (Fsp3) is 0.333. The van der Waals surface area contributed by atoms with Crippen molar-refractivity contribution in [3.8, 4) is 11.5 Å². The van der Waals surface area contributed by atoms with Crippen LogP contribution in [-0.4, -0.2) is 12.2 Å². The van der Waals surface area contributed by atoms with Crippen molar-refractivity contribution in [2.24, 2.45) is 0 Å². The molecule has 1 unspecified atom stereocenters. The monoisotopic (exact) mass is 285 g/mol. The van der Waals surface area contributed by atoms with Crippen LogP contribution in [0.5, 0.6) is 11.5 Å². The minimum atomic E-state index is 0.184. The second-order valence-electron chi connectivity index (χ2n) is 5.14. The maximum absolute atomic E-state index is 9.82. The van der Waals surface area contributed by atoms with Gasteiger partial charge in [-0.15, -0.1) is 0 Å². The van der Waals surface area contributed by atoms with Gasteiger partial charge in [-0.05, 0) is 29.7 Å². The summed E-state index contributed by atoms with van der Waals surface area (Å²) in [6.45, 7) is 2.91. The molecule has 0 heterocycles. The first-order valence-corrected chi connectivity index (χ1v) is 7.38. The zero-order valence-corrected chi connectivity index (χ0v) is 12.7. The lowest BCUT2D eigenvalue weighted by atomic mass is 10.0. The number of phenolic OH excluding ortho intramolecular Hbond substituents is 1. The van der Waals surface area contributed by atoms with Crippen molar-refractivity contribution in [1.82, 2.24) is 5.32 Å². The van der Waals surface area contributed by atoms with Gasteiger partial charge in [-0.2, -0.15) is 0 Å². The van der Waals surface area contributed by atoms with E-state index >= 15 is 0 Å². The Labute approximate surface area is 126 Å². The first kappa shape index (κ1) is 15.4. The Hall–Kier alpha value is -2.00. The van der Waals surface area contributed by atoms with E-state index in [1.165, 1.54) is 5.56 Å². The van der Waals surface area contributed by atoms with Gasteiger partial charge in [0.05, 0.1) is 7.11 Å². The van der Waals surface area contributed by atoms with Crippen LogP contribution in [0.3, 0.4) is 0 Å². The van der Waals surface area contributed by atoms with E-state index in [-0.39, 0.29) is 5.75 Å². The van der Waals surface area contributed by atoms with Gasteiger partial charge < -0.3 is 15.2 Å². The zero-order valence-electron chi connectivity index (χ0n) is 12.7. The average molecular weight is 285 g/mol. The molecule has 0 fully saturated rings. The van der Waals surface area contributed by atoms with Crippen LogP contribution in [0.1, 0.15) is 36.9 Å². The maximum Gasteiger partial charge on any atom is 0.160 e. The highest BCUT2D eigenvalue weighted by molar-refractivity contribution is 5.41. The SMILES string of the molecule is CCCC(NCc1ccc(OC)c(O)c1)c1ccccc1. The van der Waals surface area contributed by atoms with Gasteiger partial charge in [-0.25, -0.2) is 0 Å². The summed E-state index contributed by atoms with van der Waals surface area (Å²) in [6.07, 6.45) is 2.21. The largest absolute Gasteiger partial charge is 0.504 e. The quantitative estimate of drug-likeness (QED) is 0.807. The molecule has 21 heavy (non-hydrogen) atoms. The summed E-state index contributed by atoms with van der Waals surface area (Å²) < 4.78 is 5.06. The van der Waals surface area contributed by atoms with Crippen molar-refractivity contribution < 1.29 is 9.84 Å². The number of nitrogens with one attached hydrogen (secondary N) is 1. The van der Waals surface area contributed by atoms with Crippen molar-refractivity contribution in [1.29, 1.82) is 0 Å². The third-order valence-electron chi connectivity index (χ3n) is 3.58. The number of hydrogen-bond acceptors (Lipinski definition) is 3. The van der Waals surface area contributed by atoms with Crippen molar-refractivity contribution >= 4 is 0 Å². The Balaban J connectivity index is 2.03. The Morgan fingerprint density at radius 1 is 1.14 bits per heavy atom. The van der Waals surface area contributed by atoms with Crippen molar-refractivity contribution in [2.45, 2.75) is 32.4 Å². The number of hydrogen-bond donors (Lipinski definition) is 2. The minimum Gasteiger partial charge on any atom is -0.504 e. The van der Waals surface area contributed by atoms with E-state index < -0.39 is 0 Å². The molecule has 0 aliphatic heterocycles. The first-order chi connectivity index (χ1) is 10.2. The van der Waals surface area contributed by atoms with Crippen LogP contribution in [0.15, 0.2) is 48.5 Å². The Morgan fingerprint density at radius 2 is 1.90 bits per heavy atom. The third kappa shape index (κ3) is 4.23. The molecular weight excluding hydrogens is 262 g/mol. The van der Waals surface area contributed by atoms with E-state index in [0.717, 1.165) is 24.9 Å². The molecular formula is C18H23NO2. The maximum atomic E-state index is 9.82. The summed E-state index contributed by atoms with van der Waals surface area (Å²) in [7, 11) is 1.56. The summed E-state index contributed by atoms with van der Waals surface area (Å²) in [5.41, 5.74) is 2.35. The Morgan fingerprint density at radius 3 is 2.52 bits per heavy atom. The van der Waals surface area contributed by atoms with Gasteiger partial charge in [0.1, 0.15) is 0 Å². The van der Waals surface area contributed by atoms with E-state index in [1.807, 2.05) is 12.1 Å². The number of phenols is 1. The molecule has 0 saturated heterocycles. The molecule has 3 heteroatoms. The lowest BCUT2D eigenvalue weighted by Gasteiger charge is -2.19. The predicted molar refractivity (Wildman–Crippen MR) is 85.6 cm³/mol. The van der Waals surface area contributed by atoms with Gasteiger partial charge in [0.15, 0.2) is 11.5 Å². The Kier molecular flexibility index (Phi) is 5.64. The van der Waals surface area contributed by atoms with Gasteiger partial charge in [-0.1, -0.05) is 49.7 Å². The molecule has 0 aliphatic rings. The van der Waals surface area contributed by atoms with E-state index in [4.69, 9.17) is 4.74 Å². The summed E-state index contributed by atoms with van der Waals surface area (Å²) in [5, 5.41) is 13.4. The molecule has 0 spiro atoms. The zero-order chi connectivity index (χ0) is 15.1. The van der Waals surface area contributed by atoms with Gasteiger partial charge in [0, 0.05) is 12.6 Å². The van der Waals surface area contributed by atoms with E-state index in [0.29, 0.717) is 11.8 Å². The summed E-state index contributed by atoms with van der Waals surface area (Å²) in [5.74, 6) is 0.690. The summed E-state index contributed by atoms with van der Waals surface area (Å²) >= 11 is 0. The number of methoxy groups -OCH3 is 1. The van der Waals surface area contributed by atoms with Crippen LogP contribution in [0, 0.1) is 0 Å². The van der Waals surface area contributed by atoms with E-state index in [9.17, 15) is 5.11 Å². The average Bonchev–Trinajstić information content (AvgIpc) is 2.52. The summed E-state index contributed by atoms with van der Waals surface area (Å²) in [6, 6.07) is 16.3. The molecule has 112 valence electrons. The van der Waals surface area contributed by atoms with Crippen molar-refractivity contribution in [3.63, 3.8) is 0 Å². The van der Waals surface area contributed by atoms with Crippen molar-refractivity contribution in [2.75, 3.05) is 7.11 Å². The fourth-order valence-corrected chi connectivity index (χ4v) is 2.45. The molecule has 0 bridgehead atoms. The lowest BCUT2D eigenvalue weighted by molar-refractivity contribution is 0.372. The number of aromatic hydroxyl groups is 1. The van der Waals surface area contributed by atoms with Crippen molar-refractivity contribution in [3.05, 3.63) is 59.7 Å². The molecule has 2 aromatic rings. The highest BCUT2D eigenvalue weighted by Crippen LogP contribution is 2.26. The van der Waals surface area contributed by atoms with Gasteiger partial charge in [-0.3, -0.25) is 0 Å². The number of rotatable bonds is 7. The highest BCUT2D eigenvalue weighted by Gasteiger charge is 2.10. The minimum absolute atomic E-state index is 0.184. The van der Waals surface area contributed by atoms with Crippen LogP contribution in [0.4, 0.5) is 0 Å². The van der Waals surface area contributed by atoms with Crippen LogP contribution in [0.25, 0.3) is 0 Å².